The maximum Gasteiger partial charge on any atom is 0.417 e. The van der Waals surface area contributed by atoms with E-state index in [0.717, 1.165) is 17.8 Å². The van der Waals surface area contributed by atoms with E-state index < -0.39 is 17.3 Å². The van der Waals surface area contributed by atoms with Gasteiger partial charge in [-0.05, 0) is 41.8 Å². The van der Waals surface area contributed by atoms with Gasteiger partial charge in [-0.1, -0.05) is 29.4 Å². The minimum atomic E-state index is -4.64. The first-order valence-electron chi connectivity index (χ1n) is 6.88. The third kappa shape index (κ3) is 3.98. The van der Waals surface area contributed by atoms with Crippen molar-refractivity contribution in [2.45, 2.75) is 16.1 Å². The number of benzene rings is 1. The molecule has 0 atom stereocenters. The van der Waals surface area contributed by atoms with Crippen LogP contribution in [0.1, 0.15) is 11.1 Å². The number of rotatable bonds is 3. The maximum atomic E-state index is 13.4. The summed E-state index contributed by atoms with van der Waals surface area (Å²) in [5.41, 5.74) is -1.27. The van der Waals surface area contributed by atoms with Gasteiger partial charge in [-0.25, -0.2) is 4.98 Å². The van der Waals surface area contributed by atoms with Crippen LogP contribution in [0.4, 0.5) is 13.2 Å². The molecule has 2 heterocycles. The molecule has 126 valence electrons. The molecular weight excluding hydrogens is 389 g/mol. The van der Waals surface area contributed by atoms with Crippen molar-refractivity contribution in [1.29, 1.82) is 5.26 Å². The highest BCUT2D eigenvalue weighted by molar-refractivity contribution is 7.99. The van der Waals surface area contributed by atoms with Crippen LogP contribution in [0.5, 0.6) is 0 Å². The van der Waals surface area contributed by atoms with Crippen LogP contribution < -0.4 is 0 Å². The summed E-state index contributed by atoms with van der Waals surface area (Å²) in [5, 5.41) is 11.6. The second kappa shape index (κ2) is 7.08. The monoisotopic (exact) mass is 396 g/mol. The summed E-state index contributed by atoms with van der Waals surface area (Å²) in [6, 6.07) is 12.6. The first kappa shape index (κ1) is 17.8. The number of pyridine rings is 1. The van der Waals surface area contributed by atoms with E-state index in [0.29, 0.717) is 14.8 Å². The quantitative estimate of drug-likeness (QED) is 0.506. The summed E-state index contributed by atoms with van der Waals surface area (Å²) in [6.07, 6.45) is -4.64. The van der Waals surface area contributed by atoms with Crippen LogP contribution in [-0.4, -0.2) is 4.98 Å². The minimum Gasteiger partial charge on any atom is -0.239 e. The van der Waals surface area contributed by atoms with E-state index in [4.69, 9.17) is 11.6 Å². The Kier molecular flexibility index (Phi) is 5.04. The molecule has 0 saturated carbocycles. The summed E-state index contributed by atoms with van der Waals surface area (Å²) >= 11 is 8.11. The summed E-state index contributed by atoms with van der Waals surface area (Å²) in [4.78, 5) is 5.54. The van der Waals surface area contributed by atoms with E-state index in [1.54, 1.807) is 47.8 Å². The number of hydrogen-bond donors (Lipinski definition) is 0. The van der Waals surface area contributed by atoms with Gasteiger partial charge >= 0.3 is 6.18 Å². The van der Waals surface area contributed by atoms with E-state index in [9.17, 15) is 18.4 Å². The van der Waals surface area contributed by atoms with Crippen LogP contribution in [0.3, 0.4) is 0 Å². The van der Waals surface area contributed by atoms with E-state index in [1.807, 2.05) is 0 Å². The highest BCUT2D eigenvalue weighted by Gasteiger charge is 2.36. The molecule has 0 aliphatic heterocycles. The van der Waals surface area contributed by atoms with Crippen LogP contribution >= 0.6 is 34.7 Å². The molecule has 0 spiro atoms. The van der Waals surface area contributed by atoms with E-state index in [-0.39, 0.29) is 10.7 Å². The first-order valence-corrected chi connectivity index (χ1v) is 8.95. The van der Waals surface area contributed by atoms with Gasteiger partial charge in [0, 0.05) is 9.92 Å². The van der Waals surface area contributed by atoms with Crippen LogP contribution in [-0.2, 0) is 6.18 Å². The van der Waals surface area contributed by atoms with Crippen molar-refractivity contribution >= 4 is 34.7 Å². The normalized spacial score (nSPS) is 11.3. The van der Waals surface area contributed by atoms with Crippen LogP contribution in [0.2, 0.25) is 5.02 Å². The Balaban J connectivity index is 2.16. The Morgan fingerprint density at radius 2 is 1.88 bits per heavy atom. The highest BCUT2D eigenvalue weighted by Crippen LogP contribution is 2.40. The third-order valence-corrected chi connectivity index (χ3v) is 5.35. The summed E-state index contributed by atoms with van der Waals surface area (Å²) < 4.78 is 40.3. The van der Waals surface area contributed by atoms with Crippen molar-refractivity contribution in [3.05, 3.63) is 64.0 Å². The molecule has 0 aliphatic rings. The van der Waals surface area contributed by atoms with E-state index >= 15 is 0 Å². The Labute approximate surface area is 154 Å². The van der Waals surface area contributed by atoms with Crippen molar-refractivity contribution in [1.82, 2.24) is 4.98 Å². The zero-order chi connectivity index (χ0) is 18.0. The van der Waals surface area contributed by atoms with E-state index in [2.05, 4.69) is 4.98 Å². The SMILES string of the molecule is N#Cc1c(C(F)(F)F)cc(-c2cccs2)nc1Sc1ccc(Cl)cc1. The number of hydrogen-bond acceptors (Lipinski definition) is 4. The lowest BCUT2D eigenvalue weighted by Crippen LogP contribution is -2.10. The number of nitriles is 1. The van der Waals surface area contributed by atoms with Gasteiger partial charge < -0.3 is 0 Å². The lowest BCUT2D eigenvalue weighted by molar-refractivity contribution is -0.138. The molecule has 1 aromatic carbocycles. The fourth-order valence-electron chi connectivity index (χ4n) is 2.09. The molecule has 25 heavy (non-hydrogen) atoms. The van der Waals surface area contributed by atoms with Crippen molar-refractivity contribution < 1.29 is 13.2 Å². The molecule has 2 nitrogen and oxygen atoms in total. The molecule has 0 radical (unpaired) electrons. The van der Waals surface area contributed by atoms with Gasteiger partial charge in [0.1, 0.15) is 11.1 Å². The van der Waals surface area contributed by atoms with Gasteiger partial charge in [0.2, 0.25) is 0 Å². The fourth-order valence-corrected chi connectivity index (χ4v) is 3.80. The fraction of sp³-hybridized carbons (Fsp3) is 0.0588. The number of halogens is 4. The number of aromatic nitrogens is 1. The second-order valence-electron chi connectivity index (χ2n) is 4.88. The van der Waals surface area contributed by atoms with E-state index in [1.165, 1.54) is 11.3 Å². The average molecular weight is 397 g/mol. The molecule has 2 aromatic heterocycles. The molecule has 8 heteroatoms. The largest absolute Gasteiger partial charge is 0.417 e. The molecule has 3 rings (SSSR count). The van der Waals surface area contributed by atoms with Crippen LogP contribution in [0, 0.1) is 11.3 Å². The number of alkyl halides is 3. The molecular formula is C17H8ClF3N2S2. The Morgan fingerprint density at radius 1 is 1.16 bits per heavy atom. The van der Waals surface area contributed by atoms with Crippen molar-refractivity contribution in [3.63, 3.8) is 0 Å². The maximum absolute atomic E-state index is 13.4. The van der Waals surface area contributed by atoms with Gasteiger partial charge in [0.05, 0.1) is 21.7 Å². The van der Waals surface area contributed by atoms with Crippen molar-refractivity contribution in [2.24, 2.45) is 0 Å². The van der Waals surface area contributed by atoms with Gasteiger partial charge in [0.25, 0.3) is 0 Å². The smallest absolute Gasteiger partial charge is 0.239 e. The highest BCUT2D eigenvalue weighted by atomic mass is 35.5. The summed E-state index contributed by atoms with van der Waals surface area (Å²) in [7, 11) is 0. The Morgan fingerprint density at radius 3 is 2.44 bits per heavy atom. The average Bonchev–Trinajstić information content (AvgIpc) is 3.10. The van der Waals surface area contributed by atoms with Crippen molar-refractivity contribution in [2.75, 3.05) is 0 Å². The van der Waals surface area contributed by atoms with Gasteiger partial charge in [-0.15, -0.1) is 11.3 Å². The summed E-state index contributed by atoms with van der Waals surface area (Å²) in [6.45, 7) is 0. The molecule has 3 aromatic rings. The van der Waals surface area contributed by atoms with Gasteiger partial charge in [-0.3, -0.25) is 0 Å². The molecule has 0 N–H and O–H groups in total. The van der Waals surface area contributed by atoms with Gasteiger partial charge in [0.15, 0.2) is 0 Å². The lowest BCUT2D eigenvalue weighted by atomic mass is 10.1. The molecule has 0 fully saturated rings. The van der Waals surface area contributed by atoms with Crippen molar-refractivity contribution in [3.8, 4) is 16.6 Å². The first-order chi connectivity index (χ1) is 11.9. The lowest BCUT2D eigenvalue weighted by Gasteiger charge is -2.13. The van der Waals surface area contributed by atoms with Gasteiger partial charge in [-0.2, -0.15) is 18.4 Å². The molecule has 0 bridgehead atoms. The predicted molar refractivity (Wildman–Crippen MR) is 92.8 cm³/mol. The zero-order valence-corrected chi connectivity index (χ0v) is 14.7. The zero-order valence-electron chi connectivity index (χ0n) is 12.3. The third-order valence-electron chi connectivity index (χ3n) is 3.21. The van der Waals surface area contributed by atoms with Crippen LogP contribution in [0.15, 0.2) is 57.8 Å². The Hall–Kier alpha value is -2.01. The number of thiophene rings is 1. The standard InChI is InChI=1S/C17H8ClF3N2S2/c18-10-3-5-11(6-4-10)25-16-12(9-22)13(17(19,20)21)8-14(23-16)15-2-1-7-24-15/h1-8H. The summed E-state index contributed by atoms with van der Waals surface area (Å²) in [5.74, 6) is 0. The van der Waals surface area contributed by atoms with Crippen LogP contribution in [0.25, 0.3) is 10.6 Å². The molecule has 0 saturated heterocycles. The molecule has 0 unspecified atom stereocenters. The topological polar surface area (TPSA) is 36.7 Å². The molecule has 0 aliphatic carbocycles. The minimum absolute atomic E-state index is 0.0167. The predicted octanol–water partition coefficient (Wildman–Crippen LogP) is 6.51. The number of nitrogens with zero attached hydrogens (tertiary/aromatic N) is 2. The Bertz CT molecular complexity index is 930. The second-order valence-corrected chi connectivity index (χ2v) is 7.32. The molecule has 0 amide bonds.